The Balaban J connectivity index is 2.23. The van der Waals surface area contributed by atoms with Gasteiger partial charge in [-0.2, -0.15) is 15.0 Å². The molecule has 0 bridgehead atoms. The van der Waals surface area contributed by atoms with Gasteiger partial charge >= 0.3 is 0 Å². The minimum Gasteiger partial charge on any atom is -0.395 e. The Morgan fingerprint density at radius 2 is 1.95 bits per heavy atom. The normalized spacial score (nSPS) is 14.9. The van der Waals surface area contributed by atoms with Crippen LogP contribution in [0.15, 0.2) is 0 Å². The largest absolute Gasteiger partial charge is 0.395 e. The van der Waals surface area contributed by atoms with Crippen molar-refractivity contribution in [2.75, 3.05) is 48.3 Å². The molecule has 19 heavy (non-hydrogen) atoms. The SMILES string of the molecule is CCCN(CCO)c1nc(N)nc(N2CCCC2)n1. The lowest BCUT2D eigenvalue weighted by molar-refractivity contribution is 0.301. The van der Waals surface area contributed by atoms with Crippen LogP contribution < -0.4 is 15.5 Å². The van der Waals surface area contributed by atoms with Crippen LogP contribution in [0.2, 0.25) is 0 Å². The molecule has 1 aliphatic rings. The molecule has 0 amide bonds. The standard InChI is InChI=1S/C12H22N6O/c1-2-5-17(8-9-19)11-14-10(13)15-12(16-11)18-6-3-4-7-18/h19H,2-9H2,1H3,(H2,13,14,15,16). The van der Waals surface area contributed by atoms with E-state index in [1.807, 2.05) is 4.90 Å². The second kappa shape index (κ2) is 6.51. The van der Waals surface area contributed by atoms with Gasteiger partial charge < -0.3 is 20.6 Å². The molecular formula is C12H22N6O. The molecule has 2 rings (SSSR count). The number of nitrogen functional groups attached to an aromatic ring is 1. The molecule has 0 atom stereocenters. The highest BCUT2D eigenvalue weighted by Crippen LogP contribution is 2.19. The van der Waals surface area contributed by atoms with Gasteiger partial charge in [-0.3, -0.25) is 0 Å². The van der Waals surface area contributed by atoms with Gasteiger partial charge in [-0.05, 0) is 19.3 Å². The van der Waals surface area contributed by atoms with Gasteiger partial charge in [-0.25, -0.2) is 0 Å². The van der Waals surface area contributed by atoms with Crippen molar-refractivity contribution in [3.63, 3.8) is 0 Å². The zero-order valence-corrected chi connectivity index (χ0v) is 11.4. The molecule has 1 fully saturated rings. The first-order valence-corrected chi connectivity index (χ1v) is 6.87. The van der Waals surface area contributed by atoms with Gasteiger partial charge in [0, 0.05) is 26.2 Å². The molecule has 1 aromatic heterocycles. The van der Waals surface area contributed by atoms with Crippen molar-refractivity contribution in [1.29, 1.82) is 0 Å². The second-order valence-electron chi connectivity index (χ2n) is 4.70. The minimum absolute atomic E-state index is 0.0740. The number of nitrogens with two attached hydrogens (primary N) is 1. The molecule has 0 radical (unpaired) electrons. The van der Waals surface area contributed by atoms with Crippen molar-refractivity contribution < 1.29 is 5.11 Å². The summed E-state index contributed by atoms with van der Waals surface area (Å²) in [6.07, 6.45) is 3.29. The fourth-order valence-electron chi connectivity index (χ4n) is 2.27. The fourth-order valence-corrected chi connectivity index (χ4v) is 2.27. The summed E-state index contributed by atoms with van der Waals surface area (Å²) in [5, 5.41) is 9.12. The lowest BCUT2D eigenvalue weighted by Crippen LogP contribution is -2.31. The highest BCUT2D eigenvalue weighted by Gasteiger charge is 2.18. The van der Waals surface area contributed by atoms with Crippen LogP contribution in [-0.2, 0) is 0 Å². The summed E-state index contributed by atoms with van der Waals surface area (Å²) in [5.41, 5.74) is 5.78. The summed E-state index contributed by atoms with van der Waals surface area (Å²) < 4.78 is 0. The van der Waals surface area contributed by atoms with E-state index >= 15 is 0 Å². The number of aliphatic hydroxyl groups excluding tert-OH is 1. The van der Waals surface area contributed by atoms with Crippen LogP contribution in [0.3, 0.4) is 0 Å². The average Bonchev–Trinajstić information content (AvgIpc) is 2.91. The van der Waals surface area contributed by atoms with Crippen molar-refractivity contribution in [3.05, 3.63) is 0 Å². The first kappa shape index (κ1) is 13.8. The van der Waals surface area contributed by atoms with E-state index in [1.165, 1.54) is 0 Å². The van der Waals surface area contributed by atoms with Crippen molar-refractivity contribution in [2.45, 2.75) is 26.2 Å². The molecule has 7 heteroatoms. The highest BCUT2D eigenvalue weighted by molar-refractivity contribution is 5.44. The fraction of sp³-hybridized carbons (Fsp3) is 0.750. The summed E-state index contributed by atoms with van der Waals surface area (Å²) in [4.78, 5) is 17.0. The van der Waals surface area contributed by atoms with Crippen LogP contribution in [0.5, 0.6) is 0 Å². The zero-order valence-electron chi connectivity index (χ0n) is 11.4. The third kappa shape index (κ3) is 3.44. The Morgan fingerprint density at radius 1 is 1.21 bits per heavy atom. The Labute approximate surface area is 113 Å². The van der Waals surface area contributed by atoms with Crippen LogP contribution in [0.1, 0.15) is 26.2 Å². The number of aliphatic hydroxyl groups is 1. The summed E-state index contributed by atoms with van der Waals surface area (Å²) >= 11 is 0. The molecule has 7 nitrogen and oxygen atoms in total. The van der Waals surface area contributed by atoms with Gasteiger partial charge in [-0.1, -0.05) is 6.92 Å². The molecule has 106 valence electrons. The molecule has 1 saturated heterocycles. The van der Waals surface area contributed by atoms with E-state index in [9.17, 15) is 0 Å². The Kier molecular flexibility index (Phi) is 4.73. The van der Waals surface area contributed by atoms with Gasteiger partial charge in [0.1, 0.15) is 0 Å². The molecule has 0 saturated carbocycles. The van der Waals surface area contributed by atoms with Gasteiger partial charge in [0.25, 0.3) is 0 Å². The van der Waals surface area contributed by atoms with Crippen molar-refractivity contribution in [3.8, 4) is 0 Å². The first-order chi connectivity index (χ1) is 9.24. The molecular weight excluding hydrogens is 244 g/mol. The number of nitrogens with zero attached hydrogens (tertiary/aromatic N) is 5. The number of aromatic nitrogens is 3. The van der Waals surface area contributed by atoms with Crippen LogP contribution in [-0.4, -0.2) is 52.8 Å². The second-order valence-corrected chi connectivity index (χ2v) is 4.70. The van der Waals surface area contributed by atoms with Crippen LogP contribution >= 0.6 is 0 Å². The maximum Gasteiger partial charge on any atom is 0.232 e. The van der Waals surface area contributed by atoms with Crippen LogP contribution in [0.4, 0.5) is 17.8 Å². The Morgan fingerprint density at radius 3 is 2.58 bits per heavy atom. The predicted molar refractivity (Wildman–Crippen MR) is 75.3 cm³/mol. The predicted octanol–water partition coefficient (Wildman–Crippen LogP) is 0.263. The van der Waals surface area contributed by atoms with E-state index in [-0.39, 0.29) is 12.6 Å². The average molecular weight is 266 g/mol. The molecule has 0 aromatic carbocycles. The molecule has 2 heterocycles. The molecule has 0 unspecified atom stereocenters. The number of rotatable bonds is 6. The van der Waals surface area contributed by atoms with E-state index in [4.69, 9.17) is 10.8 Å². The molecule has 1 aliphatic heterocycles. The summed E-state index contributed by atoms with van der Waals surface area (Å²) in [6, 6.07) is 0. The monoisotopic (exact) mass is 266 g/mol. The number of hydrogen-bond acceptors (Lipinski definition) is 7. The van der Waals surface area contributed by atoms with Crippen molar-refractivity contribution in [1.82, 2.24) is 15.0 Å². The van der Waals surface area contributed by atoms with Gasteiger partial charge in [0.2, 0.25) is 17.8 Å². The van der Waals surface area contributed by atoms with E-state index in [1.54, 1.807) is 0 Å². The van der Waals surface area contributed by atoms with E-state index in [2.05, 4.69) is 26.8 Å². The zero-order chi connectivity index (χ0) is 13.7. The summed E-state index contributed by atoms with van der Waals surface area (Å²) in [6.45, 7) is 5.40. The quantitative estimate of drug-likeness (QED) is 0.763. The van der Waals surface area contributed by atoms with Crippen molar-refractivity contribution in [2.24, 2.45) is 0 Å². The summed E-state index contributed by atoms with van der Waals surface area (Å²) in [7, 11) is 0. The van der Waals surface area contributed by atoms with Crippen LogP contribution in [0, 0.1) is 0 Å². The highest BCUT2D eigenvalue weighted by atomic mass is 16.3. The van der Waals surface area contributed by atoms with Gasteiger partial charge in [-0.15, -0.1) is 0 Å². The molecule has 3 N–H and O–H groups in total. The maximum atomic E-state index is 9.12. The lowest BCUT2D eigenvalue weighted by atomic mass is 10.4. The maximum absolute atomic E-state index is 9.12. The van der Waals surface area contributed by atoms with Gasteiger partial charge in [0.05, 0.1) is 6.61 Å². The van der Waals surface area contributed by atoms with E-state index in [0.29, 0.717) is 18.4 Å². The smallest absolute Gasteiger partial charge is 0.232 e. The van der Waals surface area contributed by atoms with Crippen molar-refractivity contribution >= 4 is 17.8 Å². The topological polar surface area (TPSA) is 91.4 Å². The number of anilines is 3. The summed E-state index contributed by atoms with van der Waals surface area (Å²) in [5.74, 6) is 1.45. The Bertz CT molecular complexity index is 401. The third-order valence-corrected chi connectivity index (χ3v) is 3.16. The van der Waals surface area contributed by atoms with Gasteiger partial charge in [0.15, 0.2) is 0 Å². The van der Waals surface area contributed by atoms with Crippen LogP contribution in [0.25, 0.3) is 0 Å². The third-order valence-electron chi connectivity index (χ3n) is 3.16. The van der Waals surface area contributed by atoms with E-state index in [0.717, 1.165) is 38.9 Å². The molecule has 0 aliphatic carbocycles. The van der Waals surface area contributed by atoms with E-state index < -0.39 is 0 Å². The minimum atomic E-state index is 0.0740. The first-order valence-electron chi connectivity index (χ1n) is 6.87. The molecule has 0 spiro atoms. The molecule has 1 aromatic rings. The lowest BCUT2D eigenvalue weighted by Gasteiger charge is -2.23. The Hall–Kier alpha value is -1.63. The number of hydrogen-bond donors (Lipinski definition) is 2.